The molecule has 1 saturated heterocycles. The predicted molar refractivity (Wildman–Crippen MR) is 141 cm³/mol. The Bertz CT molecular complexity index is 922. The van der Waals surface area contributed by atoms with Gasteiger partial charge in [0.05, 0.1) is 0 Å². The largest absolute Gasteiger partial charge is 0.465 e. The van der Waals surface area contributed by atoms with E-state index in [1.807, 2.05) is 19.2 Å². The van der Waals surface area contributed by atoms with Crippen molar-refractivity contribution in [2.24, 2.45) is 5.92 Å². The van der Waals surface area contributed by atoms with Crippen LogP contribution in [0, 0.1) is 5.92 Å². The average molecular weight is 516 g/mol. The van der Waals surface area contributed by atoms with Gasteiger partial charge in [0.15, 0.2) is 0 Å². The van der Waals surface area contributed by atoms with Crippen LogP contribution in [0.1, 0.15) is 57.4 Å². The molecule has 0 spiro atoms. The number of hydrogen-bond acceptors (Lipinski definition) is 5. The first kappa shape index (κ1) is 28.4. The normalized spacial score (nSPS) is 18.8. The van der Waals surface area contributed by atoms with Crippen LogP contribution in [0.25, 0.3) is 0 Å². The van der Waals surface area contributed by atoms with E-state index in [4.69, 9.17) is 0 Å². The molecule has 2 fully saturated rings. The number of carboxylic acid groups (broad SMARTS) is 1. The Kier molecular flexibility index (Phi) is 10.7. The van der Waals surface area contributed by atoms with Crippen LogP contribution >= 0.6 is 0 Å². The summed E-state index contributed by atoms with van der Waals surface area (Å²) in [5.41, 5.74) is 1.41. The SMILES string of the molecule is CCC(=O)NC(Cc1ccc(NC(=O)C(NC(=O)O)C2CCCCCC2)cc1)C(=O)N1CCN(C)CC1. The first-order valence-corrected chi connectivity index (χ1v) is 13.4. The Hall–Kier alpha value is -3.14. The van der Waals surface area contributed by atoms with Crippen molar-refractivity contribution in [3.05, 3.63) is 29.8 Å². The van der Waals surface area contributed by atoms with Gasteiger partial charge in [-0.1, -0.05) is 44.7 Å². The molecule has 204 valence electrons. The Balaban J connectivity index is 1.65. The Morgan fingerprint density at radius 2 is 1.57 bits per heavy atom. The van der Waals surface area contributed by atoms with E-state index in [0.29, 0.717) is 31.6 Å². The lowest BCUT2D eigenvalue weighted by Crippen LogP contribution is -2.54. The van der Waals surface area contributed by atoms with Crippen molar-refractivity contribution in [2.75, 3.05) is 38.5 Å². The summed E-state index contributed by atoms with van der Waals surface area (Å²) < 4.78 is 0. The van der Waals surface area contributed by atoms with Gasteiger partial charge in [0.25, 0.3) is 0 Å². The second-order valence-electron chi connectivity index (χ2n) is 10.2. The van der Waals surface area contributed by atoms with Crippen molar-refractivity contribution in [3.63, 3.8) is 0 Å². The van der Waals surface area contributed by atoms with Crippen LogP contribution in [0.4, 0.5) is 10.5 Å². The molecular weight excluding hydrogens is 474 g/mol. The number of carbonyl (C=O) groups is 4. The van der Waals surface area contributed by atoms with Crippen molar-refractivity contribution >= 4 is 29.5 Å². The van der Waals surface area contributed by atoms with E-state index in [2.05, 4.69) is 20.9 Å². The number of nitrogens with one attached hydrogen (secondary N) is 3. The highest BCUT2D eigenvalue weighted by Gasteiger charge is 2.31. The lowest BCUT2D eigenvalue weighted by Gasteiger charge is -2.34. The molecular formula is C27H41N5O5. The van der Waals surface area contributed by atoms with Crippen LogP contribution in [0.3, 0.4) is 0 Å². The monoisotopic (exact) mass is 515 g/mol. The molecule has 1 saturated carbocycles. The fourth-order valence-electron chi connectivity index (χ4n) is 5.10. The molecule has 4 amide bonds. The molecule has 37 heavy (non-hydrogen) atoms. The number of hydrogen-bond donors (Lipinski definition) is 4. The maximum atomic E-state index is 13.2. The lowest BCUT2D eigenvalue weighted by atomic mass is 9.91. The molecule has 2 atom stereocenters. The highest BCUT2D eigenvalue weighted by molar-refractivity contribution is 5.96. The molecule has 3 rings (SSSR count). The zero-order valence-corrected chi connectivity index (χ0v) is 22.0. The number of benzene rings is 1. The molecule has 1 aromatic carbocycles. The van der Waals surface area contributed by atoms with Gasteiger partial charge in [0.2, 0.25) is 17.7 Å². The number of carbonyl (C=O) groups excluding carboxylic acids is 3. The number of amides is 4. The highest BCUT2D eigenvalue weighted by Crippen LogP contribution is 2.26. The zero-order valence-electron chi connectivity index (χ0n) is 22.0. The molecule has 2 aliphatic rings. The summed E-state index contributed by atoms with van der Waals surface area (Å²) in [4.78, 5) is 53.7. The van der Waals surface area contributed by atoms with Gasteiger partial charge in [-0.3, -0.25) is 14.4 Å². The van der Waals surface area contributed by atoms with Crippen LogP contribution in [-0.4, -0.2) is 84.0 Å². The summed E-state index contributed by atoms with van der Waals surface area (Å²) in [6, 6.07) is 5.68. The molecule has 1 aliphatic carbocycles. The fraction of sp³-hybridized carbons (Fsp3) is 0.630. The van der Waals surface area contributed by atoms with Gasteiger partial charge < -0.3 is 30.9 Å². The van der Waals surface area contributed by atoms with Crippen molar-refractivity contribution in [2.45, 2.75) is 70.4 Å². The van der Waals surface area contributed by atoms with Crippen LogP contribution in [0.5, 0.6) is 0 Å². The third kappa shape index (κ3) is 8.73. The second-order valence-corrected chi connectivity index (χ2v) is 10.2. The minimum absolute atomic E-state index is 0.0265. The third-order valence-electron chi connectivity index (χ3n) is 7.36. The van der Waals surface area contributed by atoms with Gasteiger partial charge in [-0.15, -0.1) is 0 Å². The maximum Gasteiger partial charge on any atom is 0.405 e. The standard InChI is InChI=1S/C27H41N5O5/c1-3-23(33)29-22(26(35)32-16-14-31(2)15-17-32)18-19-10-12-21(13-11-19)28-25(34)24(30-27(36)37)20-8-6-4-5-7-9-20/h10-13,20,22,24,30H,3-9,14-18H2,1-2H3,(H,28,34)(H,29,33)(H,36,37). The Morgan fingerprint density at radius 1 is 0.946 bits per heavy atom. The number of nitrogens with zero attached hydrogens (tertiary/aromatic N) is 2. The molecule has 0 aromatic heterocycles. The number of piperazine rings is 1. The summed E-state index contributed by atoms with van der Waals surface area (Å²) in [5, 5.41) is 17.4. The molecule has 1 heterocycles. The summed E-state index contributed by atoms with van der Waals surface area (Å²) in [6.07, 6.45) is 5.28. The number of likely N-dealkylation sites (N-methyl/N-ethyl adjacent to an activating group) is 1. The zero-order chi connectivity index (χ0) is 26.8. The van der Waals surface area contributed by atoms with E-state index in [1.54, 1.807) is 24.0 Å². The molecule has 10 nitrogen and oxygen atoms in total. The minimum Gasteiger partial charge on any atom is -0.465 e. The topological polar surface area (TPSA) is 131 Å². The fourth-order valence-corrected chi connectivity index (χ4v) is 5.10. The molecule has 4 N–H and O–H groups in total. The van der Waals surface area contributed by atoms with Gasteiger partial charge in [-0.05, 0) is 43.5 Å². The van der Waals surface area contributed by atoms with Crippen molar-refractivity contribution < 1.29 is 24.3 Å². The Morgan fingerprint density at radius 3 is 2.14 bits per heavy atom. The molecule has 10 heteroatoms. The van der Waals surface area contributed by atoms with Gasteiger partial charge >= 0.3 is 6.09 Å². The first-order valence-electron chi connectivity index (χ1n) is 13.4. The molecule has 1 aliphatic heterocycles. The van der Waals surface area contributed by atoms with Crippen LogP contribution in [0.15, 0.2) is 24.3 Å². The summed E-state index contributed by atoms with van der Waals surface area (Å²) >= 11 is 0. The van der Waals surface area contributed by atoms with Crippen molar-refractivity contribution in [3.8, 4) is 0 Å². The van der Waals surface area contributed by atoms with E-state index >= 15 is 0 Å². The number of anilines is 1. The van der Waals surface area contributed by atoms with Gasteiger partial charge in [-0.25, -0.2) is 4.79 Å². The van der Waals surface area contributed by atoms with Crippen molar-refractivity contribution in [1.29, 1.82) is 0 Å². The van der Waals surface area contributed by atoms with E-state index in [-0.39, 0.29) is 23.6 Å². The van der Waals surface area contributed by atoms with Crippen LogP contribution in [-0.2, 0) is 20.8 Å². The summed E-state index contributed by atoms with van der Waals surface area (Å²) in [6.45, 7) is 4.61. The number of rotatable bonds is 9. The second kappa shape index (κ2) is 14.0. The van der Waals surface area contributed by atoms with Gasteiger partial charge in [-0.2, -0.15) is 0 Å². The maximum absolute atomic E-state index is 13.2. The van der Waals surface area contributed by atoms with E-state index in [1.165, 1.54) is 0 Å². The first-order chi connectivity index (χ1) is 17.8. The van der Waals surface area contributed by atoms with Gasteiger partial charge in [0.1, 0.15) is 12.1 Å². The molecule has 0 bridgehead atoms. The smallest absolute Gasteiger partial charge is 0.405 e. The van der Waals surface area contributed by atoms with E-state index in [0.717, 1.165) is 57.2 Å². The lowest BCUT2D eigenvalue weighted by molar-refractivity contribution is -0.137. The van der Waals surface area contributed by atoms with E-state index < -0.39 is 18.2 Å². The molecule has 1 aromatic rings. The predicted octanol–water partition coefficient (Wildman–Crippen LogP) is 2.44. The summed E-state index contributed by atoms with van der Waals surface area (Å²) in [5.74, 6) is -0.646. The van der Waals surface area contributed by atoms with Crippen LogP contribution in [0.2, 0.25) is 0 Å². The molecule has 2 unspecified atom stereocenters. The average Bonchev–Trinajstić information content (AvgIpc) is 3.17. The van der Waals surface area contributed by atoms with Gasteiger partial charge in [0, 0.05) is 44.7 Å². The third-order valence-corrected chi connectivity index (χ3v) is 7.36. The van der Waals surface area contributed by atoms with Crippen LogP contribution < -0.4 is 16.0 Å². The molecule has 0 radical (unpaired) electrons. The van der Waals surface area contributed by atoms with E-state index in [9.17, 15) is 24.3 Å². The quantitative estimate of drug-likeness (QED) is 0.374. The highest BCUT2D eigenvalue weighted by atomic mass is 16.4. The minimum atomic E-state index is -1.20. The Labute approximate surface area is 219 Å². The summed E-state index contributed by atoms with van der Waals surface area (Å²) in [7, 11) is 2.02. The van der Waals surface area contributed by atoms with Crippen molar-refractivity contribution in [1.82, 2.24) is 20.4 Å².